The predicted octanol–water partition coefficient (Wildman–Crippen LogP) is -0.777. The molecule has 0 amide bonds. The quantitative estimate of drug-likeness (QED) is 0.584. The third-order valence-electron chi connectivity index (χ3n) is 3.13. The lowest BCUT2D eigenvalue weighted by atomic mass is 10.4. The van der Waals surface area contributed by atoms with E-state index in [0.29, 0.717) is 18.4 Å². The summed E-state index contributed by atoms with van der Waals surface area (Å²) < 4.78 is 29.3. The Morgan fingerprint density at radius 1 is 1.50 bits per heavy atom. The molecule has 0 saturated heterocycles. The Morgan fingerprint density at radius 3 is 2.85 bits per heavy atom. The van der Waals surface area contributed by atoms with Gasteiger partial charge in [-0.15, -0.1) is 0 Å². The first kappa shape index (κ1) is 15.4. The topological polar surface area (TPSA) is 92.2 Å². The molecule has 0 bridgehead atoms. The molecule has 1 aliphatic rings. The normalized spacial score (nSPS) is 15.9. The second-order valence-electron chi connectivity index (χ2n) is 5.06. The SMILES string of the molecule is CN(CCCNC1CC1)S(=O)(=O)NCc1ncn(C)n1. The van der Waals surface area contributed by atoms with Crippen molar-refractivity contribution in [2.75, 3.05) is 20.1 Å². The van der Waals surface area contributed by atoms with Crippen LogP contribution in [0.15, 0.2) is 6.33 Å². The van der Waals surface area contributed by atoms with Gasteiger partial charge in [0.25, 0.3) is 10.2 Å². The van der Waals surface area contributed by atoms with E-state index in [0.717, 1.165) is 13.0 Å². The van der Waals surface area contributed by atoms with Crippen LogP contribution in [0.2, 0.25) is 0 Å². The standard InChI is InChI=1S/C11H22N6O2S/c1-16-9-13-11(15-16)8-14-20(18,19)17(2)7-3-6-12-10-4-5-10/h9-10,12,14H,3-8H2,1-2H3. The van der Waals surface area contributed by atoms with Crippen LogP contribution < -0.4 is 10.0 Å². The van der Waals surface area contributed by atoms with Gasteiger partial charge in [0.1, 0.15) is 6.33 Å². The van der Waals surface area contributed by atoms with Crippen molar-refractivity contribution in [3.8, 4) is 0 Å². The third kappa shape index (κ3) is 4.82. The number of nitrogens with one attached hydrogen (secondary N) is 2. The maximum Gasteiger partial charge on any atom is 0.279 e. The van der Waals surface area contributed by atoms with Gasteiger partial charge in [0.2, 0.25) is 0 Å². The van der Waals surface area contributed by atoms with Crippen LogP contribution in [0.25, 0.3) is 0 Å². The van der Waals surface area contributed by atoms with Crippen LogP contribution in [0.1, 0.15) is 25.1 Å². The molecular formula is C11H22N6O2S. The zero-order valence-corrected chi connectivity index (χ0v) is 12.7. The van der Waals surface area contributed by atoms with Crippen LogP contribution in [-0.2, 0) is 23.8 Å². The van der Waals surface area contributed by atoms with Gasteiger partial charge in [0.05, 0.1) is 6.54 Å². The summed E-state index contributed by atoms with van der Waals surface area (Å²) in [6, 6.07) is 0.658. The van der Waals surface area contributed by atoms with Crippen LogP contribution in [0.5, 0.6) is 0 Å². The van der Waals surface area contributed by atoms with E-state index in [2.05, 4.69) is 20.1 Å². The number of aryl methyl sites for hydroxylation is 1. The van der Waals surface area contributed by atoms with Crippen molar-refractivity contribution in [1.82, 2.24) is 29.1 Å². The second-order valence-corrected chi connectivity index (χ2v) is 6.93. The minimum absolute atomic E-state index is 0.105. The zero-order chi connectivity index (χ0) is 14.6. The minimum atomic E-state index is -3.47. The van der Waals surface area contributed by atoms with Gasteiger partial charge in [0.15, 0.2) is 5.82 Å². The van der Waals surface area contributed by atoms with Crippen molar-refractivity contribution in [1.29, 1.82) is 0 Å². The Balaban J connectivity index is 1.70. The van der Waals surface area contributed by atoms with Gasteiger partial charge in [-0.1, -0.05) is 0 Å². The first-order valence-electron chi connectivity index (χ1n) is 6.76. The van der Waals surface area contributed by atoms with Crippen molar-refractivity contribution < 1.29 is 8.42 Å². The fraction of sp³-hybridized carbons (Fsp3) is 0.818. The number of hydrogen-bond acceptors (Lipinski definition) is 5. The van der Waals surface area contributed by atoms with E-state index < -0.39 is 10.2 Å². The van der Waals surface area contributed by atoms with Crippen molar-refractivity contribution >= 4 is 10.2 Å². The summed E-state index contributed by atoms with van der Waals surface area (Å²) in [6.45, 7) is 1.45. The first-order chi connectivity index (χ1) is 9.47. The summed E-state index contributed by atoms with van der Waals surface area (Å²) in [5, 5.41) is 7.38. The Kier molecular flexibility index (Phi) is 5.08. The highest BCUT2D eigenvalue weighted by molar-refractivity contribution is 7.87. The Hall–Kier alpha value is -1.03. The van der Waals surface area contributed by atoms with Crippen molar-refractivity contribution in [3.05, 3.63) is 12.2 Å². The molecule has 0 radical (unpaired) electrons. The lowest BCUT2D eigenvalue weighted by molar-refractivity contribution is 0.443. The molecule has 114 valence electrons. The smallest absolute Gasteiger partial charge is 0.279 e. The molecule has 20 heavy (non-hydrogen) atoms. The van der Waals surface area contributed by atoms with E-state index >= 15 is 0 Å². The van der Waals surface area contributed by atoms with Gasteiger partial charge in [0, 0.05) is 26.7 Å². The van der Waals surface area contributed by atoms with Crippen LogP contribution in [-0.4, -0.2) is 53.7 Å². The first-order valence-corrected chi connectivity index (χ1v) is 8.20. The van der Waals surface area contributed by atoms with E-state index in [4.69, 9.17) is 0 Å². The molecule has 0 spiro atoms. The number of rotatable bonds is 9. The molecule has 1 saturated carbocycles. The Labute approximate surface area is 119 Å². The highest BCUT2D eigenvalue weighted by Crippen LogP contribution is 2.18. The molecule has 1 heterocycles. The molecule has 0 unspecified atom stereocenters. The number of aromatic nitrogens is 3. The molecule has 1 fully saturated rings. The number of hydrogen-bond donors (Lipinski definition) is 2. The van der Waals surface area contributed by atoms with E-state index in [1.165, 1.54) is 28.2 Å². The average molecular weight is 302 g/mol. The van der Waals surface area contributed by atoms with Gasteiger partial charge >= 0.3 is 0 Å². The third-order valence-corrected chi connectivity index (χ3v) is 4.64. The maximum absolute atomic E-state index is 12.0. The molecule has 0 aromatic carbocycles. The second kappa shape index (κ2) is 6.61. The lowest BCUT2D eigenvalue weighted by Crippen LogP contribution is -2.39. The minimum Gasteiger partial charge on any atom is -0.314 e. The summed E-state index contributed by atoms with van der Waals surface area (Å²) >= 11 is 0. The van der Waals surface area contributed by atoms with Gasteiger partial charge in [-0.25, -0.2) is 4.98 Å². The zero-order valence-electron chi connectivity index (χ0n) is 11.9. The van der Waals surface area contributed by atoms with Gasteiger partial charge in [-0.2, -0.15) is 22.5 Å². The molecule has 0 atom stereocenters. The highest BCUT2D eigenvalue weighted by Gasteiger charge is 2.21. The van der Waals surface area contributed by atoms with E-state index in [-0.39, 0.29) is 6.54 Å². The molecule has 2 rings (SSSR count). The van der Waals surface area contributed by atoms with Crippen LogP contribution in [0.3, 0.4) is 0 Å². The fourth-order valence-electron chi connectivity index (χ4n) is 1.75. The molecule has 1 aromatic heterocycles. The van der Waals surface area contributed by atoms with Gasteiger partial charge in [-0.3, -0.25) is 4.68 Å². The van der Waals surface area contributed by atoms with Crippen molar-refractivity contribution in [3.63, 3.8) is 0 Å². The molecular weight excluding hydrogens is 280 g/mol. The van der Waals surface area contributed by atoms with Gasteiger partial charge < -0.3 is 5.32 Å². The summed E-state index contributed by atoms with van der Waals surface area (Å²) in [7, 11) is -0.153. The maximum atomic E-state index is 12.0. The van der Waals surface area contributed by atoms with Gasteiger partial charge in [-0.05, 0) is 25.8 Å². The van der Waals surface area contributed by atoms with Crippen LogP contribution in [0, 0.1) is 0 Å². The van der Waals surface area contributed by atoms with E-state index in [1.54, 1.807) is 14.1 Å². The van der Waals surface area contributed by atoms with Crippen LogP contribution in [0.4, 0.5) is 0 Å². The molecule has 0 aliphatic heterocycles. The Morgan fingerprint density at radius 2 is 2.25 bits per heavy atom. The fourth-order valence-corrected chi connectivity index (χ4v) is 2.65. The van der Waals surface area contributed by atoms with Crippen molar-refractivity contribution in [2.45, 2.75) is 31.8 Å². The molecule has 9 heteroatoms. The summed E-state index contributed by atoms with van der Waals surface area (Å²) in [5.41, 5.74) is 0. The number of nitrogens with zero attached hydrogens (tertiary/aromatic N) is 4. The lowest BCUT2D eigenvalue weighted by Gasteiger charge is -2.17. The van der Waals surface area contributed by atoms with Crippen molar-refractivity contribution in [2.24, 2.45) is 7.05 Å². The molecule has 8 nitrogen and oxygen atoms in total. The molecule has 1 aliphatic carbocycles. The van der Waals surface area contributed by atoms with Crippen LogP contribution >= 0.6 is 0 Å². The van der Waals surface area contributed by atoms with E-state index in [9.17, 15) is 8.42 Å². The molecule has 1 aromatic rings. The predicted molar refractivity (Wildman–Crippen MR) is 75.0 cm³/mol. The highest BCUT2D eigenvalue weighted by atomic mass is 32.2. The summed E-state index contributed by atoms with van der Waals surface area (Å²) in [4.78, 5) is 3.98. The monoisotopic (exact) mass is 302 g/mol. The summed E-state index contributed by atoms with van der Waals surface area (Å²) in [6.07, 6.45) is 4.83. The molecule has 2 N–H and O–H groups in total. The largest absolute Gasteiger partial charge is 0.314 e. The Bertz CT molecular complexity index is 525. The average Bonchev–Trinajstić information content (AvgIpc) is 3.13. The van der Waals surface area contributed by atoms with E-state index in [1.807, 2.05) is 0 Å². The summed E-state index contributed by atoms with van der Waals surface area (Å²) in [5.74, 6) is 0.458.